The van der Waals surface area contributed by atoms with Crippen molar-refractivity contribution in [3.05, 3.63) is 23.9 Å². The Morgan fingerprint density at radius 3 is 2.78 bits per heavy atom. The predicted octanol–water partition coefficient (Wildman–Crippen LogP) is 0.637. The first-order valence-corrected chi connectivity index (χ1v) is 6.43. The van der Waals surface area contributed by atoms with Gasteiger partial charge < -0.3 is 15.6 Å². The van der Waals surface area contributed by atoms with Gasteiger partial charge in [0.2, 0.25) is 0 Å². The first-order valence-electron chi connectivity index (χ1n) is 6.43. The average molecular weight is 251 g/mol. The highest BCUT2D eigenvalue weighted by molar-refractivity contribution is 5.29. The second-order valence-electron chi connectivity index (χ2n) is 4.66. The molecule has 0 unspecified atom stereocenters. The molecular weight excluding hydrogens is 230 g/mol. The van der Waals surface area contributed by atoms with Crippen LogP contribution < -0.4 is 5.73 Å². The minimum Gasteiger partial charge on any atom is -0.394 e. The van der Waals surface area contributed by atoms with Crippen molar-refractivity contribution >= 4 is 5.82 Å². The number of hydrogen-bond donors (Lipinski definition) is 2. The van der Waals surface area contributed by atoms with Crippen molar-refractivity contribution in [2.75, 3.05) is 32.0 Å². The summed E-state index contributed by atoms with van der Waals surface area (Å²) >= 11 is 0. The third kappa shape index (κ3) is 3.94. The molecule has 0 saturated carbocycles. The van der Waals surface area contributed by atoms with E-state index in [0.717, 1.165) is 32.5 Å². The molecule has 0 aliphatic carbocycles. The van der Waals surface area contributed by atoms with Crippen LogP contribution in [0.4, 0.5) is 5.82 Å². The van der Waals surface area contributed by atoms with Crippen molar-refractivity contribution in [2.45, 2.75) is 25.5 Å². The Morgan fingerprint density at radius 1 is 1.39 bits per heavy atom. The lowest BCUT2D eigenvalue weighted by Gasteiger charge is -2.31. The summed E-state index contributed by atoms with van der Waals surface area (Å²) in [4.78, 5) is 6.49. The number of nitrogens with zero attached hydrogens (tertiary/aromatic N) is 2. The molecule has 5 heteroatoms. The summed E-state index contributed by atoms with van der Waals surface area (Å²) in [7, 11) is 0. The predicted molar refractivity (Wildman–Crippen MR) is 70.0 cm³/mol. The maximum atomic E-state index is 8.71. The van der Waals surface area contributed by atoms with Gasteiger partial charge in [-0.1, -0.05) is 6.07 Å². The van der Waals surface area contributed by atoms with Gasteiger partial charge in [-0.25, -0.2) is 4.98 Å². The molecular formula is C13H21N3O2. The highest BCUT2D eigenvalue weighted by Crippen LogP contribution is 2.16. The van der Waals surface area contributed by atoms with Crippen molar-refractivity contribution in [1.82, 2.24) is 9.88 Å². The molecule has 1 aromatic heterocycles. The second kappa shape index (κ2) is 6.68. The van der Waals surface area contributed by atoms with Crippen LogP contribution in [0.3, 0.4) is 0 Å². The maximum absolute atomic E-state index is 8.71. The van der Waals surface area contributed by atoms with Crippen LogP contribution in [-0.4, -0.2) is 47.4 Å². The van der Waals surface area contributed by atoms with Crippen LogP contribution in [0, 0.1) is 0 Å². The Labute approximate surface area is 108 Å². The summed E-state index contributed by atoms with van der Waals surface area (Å²) in [6, 6.07) is 3.86. The Hall–Kier alpha value is -1.17. The summed E-state index contributed by atoms with van der Waals surface area (Å²) in [6.45, 7) is 3.53. The number of ether oxygens (including phenoxy) is 1. The largest absolute Gasteiger partial charge is 0.394 e. The van der Waals surface area contributed by atoms with Gasteiger partial charge in [0.1, 0.15) is 5.82 Å². The first kappa shape index (κ1) is 13.3. The average Bonchev–Trinajstić information content (AvgIpc) is 2.41. The molecule has 1 fully saturated rings. The normalized spacial score (nSPS) is 18.1. The fraction of sp³-hybridized carbons (Fsp3) is 0.615. The SMILES string of the molecule is Nc1ccc(CN2CCC(OCCO)CC2)cn1. The van der Waals surface area contributed by atoms with Crippen molar-refractivity contribution in [1.29, 1.82) is 0 Å². The summed E-state index contributed by atoms with van der Waals surface area (Å²) < 4.78 is 5.54. The van der Waals surface area contributed by atoms with E-state index in [0.29, 0.717) is 18.5 Å². The lowest BCUT2D eigenvalue weighted by Crippen LogP contribution is -2.36. The van der Waals surface area contributed by atoms with E-state index in [-0.39, 0.29) is 6.61 Å². The molecule has 100 valence electrons. The van der Waals surface area contributed by atoms with Crippen LogP contribution in [0.2, 0.25) is 0 Å². The van der Waals surface area contributed by atoms with Gasteiger partial charge in [0.25, 0.3) is 0 Å². The number of nitrogens with two attached hydrogens (primary N) is 1. The van der Waals surface area contributed by atoms with Crippen LogP contribution in [-0.2, 0) is 11.3 Å². The molecule has 1 saturated heterocycles. The van der Waals surface area contributed by atoms with E-state index in [1.165, 1.54) is 5.56 Å². The highest BCUT2D eigenvalue weighted by Gasteiger charge is 2.19. The molecule has 18 heavy (non-hydrogen) atoms. The molecule has 0 spiro atoms. The fourth-order valence-corrected chi connectivity index (χ4v) is 2.24. The van der Waals surface area contributed by atoms with Gasteiger partial charge in [-0.15, -0.1) is 0 Å². The number of piperidine rings is 1. The first-order chi connectivity index (χ1) is 8.78. The molecule has 0 bridgehead atoms. The van der Waals surface area contributed by atoms with E-state index in [1.807, 2.05) is 18.3 Å². The molecule has 0 radical (unpaired) electrons. The van der Waals surface area contributed by atoms with Crippen molar-refractivity contribution < 1.29 is 9.84 Å². The molecule has 2 rings (SSSR count). The fourth-order valence-electron chi connectivity index (χ4n) is 2.24. The second-order valence-corrected chi connectivity index (χ2v) is 4.66. The van der Waals surface area contributed by atoms with E-state index >= 15 is 0 Å². The maximum Gasteiger partial charge on any atom is 0.123 e. The number of hydrogen-bond acceptors (Lipinski definition) is 5. The third-order valence-corrected chi connectivity index (χ3v) is 3.23. The molecule has 3 N–H and O–H groups in total. The van der Waals surface area contributed by atoms with E-state index < -0.39 is 0 Å². The lowest BCUT2D eigenvalue weighted by molar-refractivity contribution is -0.00902. The van der Waals surface area contributed by atoms with E-state index in [2.05, 4.69) is 9.88 Å². The van der Waals surface area contributed by atoms with E-state index in [4.69, 9.17) is 15.6 Å². The zero-order valence-electron chi connectivity index (χ0n) is 10.6. The highest BCUT2D eigenvalue weighted by atomic mass is 16.5. The van der Waals surface area contributed by atoms with Crippen LogP contribution in [0.1, 0.15) is 18.4 Å². The lowest BCUT2D eigenvalue weighted by atomic mass is 10.1. The Kier molecular flexibility index (Phi) is 4.92. The molecule has 1 aliphatic heterocycles. The van der Waals surface area contributed by atoms with Crippen molar-refractivity contribution in [3.63, 3.8) is 0 Å². The van der Waals surface area contributed by atoms with Crippen LogP contribution in [0.25, 0.3) is 0 Å². The minimum absolute atomic E-state index is 0.108. The summed E-state index contributed by atoms with van der Waals surface area (Å²) in [5, 5.41) is 8.71. The van der Waals surface area contributed by atoms with Crippen LogP contribution >= 0.6 is 0 Å². The number of pyridine rings is 1. The van der Waals surface area contributed by atoms with Gasteiger partial charge in [0, 0.05) is 25.8 Å². The van der Waals surface area contributed by atoms with Crippen LogP contribution in [0.5, 0.6) is 0 Å². The minimum atomic E-state index is 0.108. The number of aliphatic hydroxyl groups is 1. The van der Waals surface area contributed by atoms with Gasteiger partial charge in [-0.3, -0.25) is 4.90 Å². The molecule has 0 aromatic carbocycles. The third-order valence-electron chi connectivity index (χ3n) is 3.23. The molecule has 1 aliphatic rings. The Morgan fingerprint density at radius 2 is 2.17 bits per heavy atom. The quantitative estimate of drug-likeness (QED) is 0.803. The Bertz CT molecular complexity index is 348. The summed E-state index contributed by atoms with van der Waals surface area (Å²) in [5.74, 6) is 0.565. The standard InChI is InChI=1S/C13H21N3O2/c14-13-2-1-11(9-15-13)10-16-5-3-12(4-6-16)18-8-7-17/h1-2,9,12,17H,3-8,10H2,(H2,14,15). The topological polar surface area (TPSA) is 71.6 Å². The number of aromatic nitrogens is 1. The van der Waals surface area contributed by atoms with Crippen molar-refractivity contribution in [2.24, 2.45) is 0 Å². The Balaban J connectivity index is 1.74. The number of likely N-dealkylation sites (tertiary alicyclic amines) is 1. The van der Waals surface area contributed by atoms with Gasteiger partial charge in [0.05, 0.1) is 19.3 Å². The van der Waals surface area contributed by atoms with Gasteiger partial charge >= 0.3 is 0 Å². The van der Waals surface area contributed by atoms with Gasteiger partial charge in [-0.2, -0.15) is 0 Å². The number of aliphatic hydroxyl groups excluding tert-OH is 1. The van der Waals surface area contributed by atoms with Crippen molar-refractivity contribution in [3.8, 4) is 0 Å². The molecule has 1 aromatic rings. The van der Waals surface area contributed by atoms with Crippen LogP contribution in [0.15, 0.2) is 18.3 Å². The zero-order valence-corrected chi connectivity index (χ0v) is 10.6. The monoisotopic (exact) mass is 251 g/mol. The summed E-state index contributed by atoms with van der Waals surface area (Å²) in [5.41, 5.74) is 6.76. The number of rotatable bonds is 5. The molecule has 5 nitrogen and oxygen atoms in total. The zero-order chi connectivity index (χ0) is 12.8. The molecule has 0 atom stereocenters. The number of anilines is 1. The smallest absolute Gasteiger partial charge is 0.123 e. The number of nitrogen functional groups attached to an aromatic ring is 1. The molecule has 2 heterocycles. The molecule has 0 amide bonds. The van der Waals surface area contributed by atoms with E-state index in [1.54, 1.807) is 0 Å². The van der Waals surface area contributed by atoms with Gasteiger partial charge in [0.15, 0.2) is 0 Å². The van der Waals surface area contributed by atoms with Gasteiger partial charge in [-0.05, 0) is 24.5 Å². The summed E-state index contributed by atoms with van der Waals surface area (Å²) in [6.07, 6.45) is 4.20. The van der Waals surface area contributed by atoms with E-state index in [9.17, 15) is 0 Å².